The number of nitrogens with zero attached hydrogens (tertiary/aromatic N) is 2. The molecule has 3 nitrogen and oxygen atoms in total. The normalized spacial score (nSPS) is 20.9. The Labute approximate surface area is 226 Å². The molecular formula is C35H36N2O. The van der Waals surface area contributed by atoms with Gasteiger partial charge in [0.1, 0.15) is 0 Å². The van der Waals surface area contributed by atoms with Gasteiger partial charge in [0.15, 0.2) is 5.78 Å². The third kappa shape index (κ3) is 5.50. The predicted octanol–water partition coefficient (Wildman–Crippen LogP) is 6.92. The SMILES string of the molecule is O=C(c1cccc(-c2ccccc2)c1)[C@H]1CN(Cc2ccccc2)C[C@@H]1N1CCC(c2ccccc2)CC1. The average Bonchev–Trinajstić information content (AvgIpc) is 3.42. The van der Waals surface area contributed by atoms with Gasteiger partial charge in [-0.3, -0.25) is 14.6 Å². The summed E-state index contributed by atoms with van der Waals surface area (Å²) in [5, 5.41) is 0. The minimum absolute atomic E-state index is 0.0157. The first-order valence-electron chi connectivity index (χ1n) is 14.0. The molecule has 2 saturated heterocycles. The number of rotatable bonds is 7. The Hall–Kier alpha value is -3.53. The summed E-state index contributed by atoms with van der Waals surface area (Å²) >= 11 is 0. The van der Waals surface area contributed by atoms with Gasteiger partial charge in [0, 0.05) is 31.2 Å². The second-order valence-electron chi connectivity index (χ2n) is 10.9. The molecule has 0 aromatic heterocycles. The number of likely N-dealkylation sites (tertiary alicyclic amines) is 2. The summed E-state index contributed by atoms with van der Waals surface area (Å²) in [6.07, 6.45) is 2.31. The van der Waals surface area contributed by atoms with E-state index in [0.29, 0.717) is 5.92 Å². The van der Waals surface area contributed by atoms with Crippen LogP contribution < -0.4 is 0 Å². The van der Waals surface area contributed by atoms with Gasteiger partial charge < -0.3 is 0 Å². The minimum atomic E-state index is -0.0157. The number of hydrogen-bond donors (Lipinski definition) is 0. The summed E-state index contributed by atoms with van der Waals surface area (Å²) < 4.78 is 0. The van der Waals surface area contributed by atoms with Crippen LogP contribution in [0.25, 0.3) is 11.1 Å². The highest BCUT2D eigenvalue weighted by Gasteiger charge is 2.42. The highest BCUT2D eigenvalue weighted by atomic mass is 16.1. The van der Waals surface area contributed by atoms with Crippen LogP contribution in [-0.4, -0.2) is 47.8 Å². The standard InChI is InChI=1S/C35H36N2O/c38-35(32-18-10-17-31(23-32)29-15-8-3-9-16-29)33-25-36(24-27-11-4-1-5-12-27)26-34(33)37-21-19-30(20-22-37)28-13-6-2-7-14-28/h1-18,23,30,33-34H,19-22,24-26H2/t33-,34-/m0/s1. The Bertz CT molecular complexity index is 1330. The Morgan fingerprint density at radius 1 is 0.684 bits per heavy atom. The summed E-state index contributed by atoms with van der Waals surface area (Å²) in [5.41, 5.74) is 5.86. The van der Waals surface area contributed by atoms with E-state index in [-0.39, 0.29) is 17.7 Å². The second-order valence-corrected chi connectivity index (χ2v) is 10.9. The van der Waals surface area contributed by atoms with Crippen LogP contribution in [0.15, 0.2) is 115 Å². The number of hydrogen-bond acceptors (Lipinski definition) is 3. The van der Waals surface area contributed by atoms with Crippen molar-refractivity contribution in [3.8, 4) is 11.1 Å². The molecule has 2 fully saturated rings. The molecule has 192 valence electrons. The fourth-order valence-electron chi connectivity index (χ4n) is 6.45. The quantitative estimate of drug-likeness (QED) is 0.258. The molecule has 0 amide bonds. The van der Waals surface area contributed by atoms with Gasteiger partial charge in [-0.2, -0.15) is 0 Å². The summed E-state index contributed by atoms with van der Waals surface area (Å²) in [5.74, 6) is 0.887. The monoisotopic (exact) mass is 500 g/mol. The highest BCUT2D eigenvalue weighted by Crippen LogP contribution is 2.34. The van der Waals surface area contributed by atoms with E-state index >= 15 is 0 Å². The number of carbonyl (C=O) groups is 1. The molecule has 2 heterocycles. The molecule has 2 aliphatic rings. The first-order valence-corrected chi connectivity index (χ1v) is 14.0. The van der Waals surface area contributed by atoms with Gasteiger partial charge in [-0.05, 0) is 60.2 Å². The molecule has 0 radical (unpaired) electrons. The summed E-state index contributed by atoms with van der Waals surface area (Å²) in [4.78, 5) is 19.2. The number of benzene rings is 4. The Balaban J connectivity index is 1.22. The van der Waals surface area contributed by atoms with Crippen molar-refractivity contribution in [2.24, 2.45) is 5.92 Å². The van der Waals surface area contributed by atoms with E-state index in [1.165, 1.54) is 11.1 Å². The zero-order valence-electron chi connectivity index (χ0n) is 22.0. The van der Waals surface area contributed by atoms with Crippen molar-refractivity contribution < 1.29 is 4.79 Å². The minimum Gasteiger partial charge on any atom is -0.298 e. The molecule has 0 bridgehead atoms. The van der Waals surface area contributed by atoms with Gasteiger partial charge in [-0.25, -0.2) is 0 Å². The predicted molar refractivity (Wildman–Crippen MR) is 155 cm³/mol. The first-order chi connectivity index (χ1) is 18.7. The van der Waals surface area contributed by atoms with E-state index in [9.17, 15) is 4.79 Å². The van der Waals surface area contributed by atoms with Crippen molar-refractivity contribution in [3.63, 3.8) is 0 Å². The van der Waals surface area contributed by atoms with Crippen molar-refractivity contribution in [3.05, 3.63) is 132 Å². The topological polar surface area (TPSA) is 23.6 Å². The van der Waals surface area contributed by atoms with Crippen LogP contribution in [0, 0.1) is 5.92 Å². The number of ketones is 1. The zero-order chi connectivity index (χ0) is 25.7. The Morgan fingerprint density at radius 3 is 2.03 bits per heavy atom. The van der Waals surface area contributed by atoms with Crippen LogP contribution in [0.3, 0.4) is 0 Å². The maximum absolute atomic E-state index is 14.1. The molecule has 0 N–H and O–H groups in total. The molecular weight excluding hydrogens is 464 g/mol. The zero-order valence-corrected chi connectivity index (χ0v) is 22.0. The van der Waals surface area contributed by atoms with E-state index in [0.717, 1.165) is 62.3 Å². The molecule has 2 atom stereocenters. The number of Topliss-reactive ketones (excluding diaryl/α,β-unsaturated/α-hetero) is 1. The van der Waals surface area contributed by atoms with Crippen LogP contribution in [0.1, 0.15) is 40.2 Å². The van der Waals surface area contributed by atoms with Gasteiger partial charge in [0.25, 0.3) is 0 Å². The lowest BCUT2D eigenvalue weighted by Crippen LogP contribution is -2.47. The van der Waals surface area contributed by atoms with E-state index in [1.807, 2.05) is 18.2 Å². The van der Waals surface area contributed by atoms with Gasteiger partial charge in [-0.15, -0.1) is 0 Å². The molecule has 0 spiro atoms. The highest BCUT2D eigenvalue weighted by molar-refractivity contribution is 5.99. The summed E-state index contributed by atoms with van der Waals surface area (Å²) in [6, 6.07) is 40.5. The van der Waals surface area contributed by atoms with Crippen LogP contribution >= 0.6 is 0 Å². The van der Waals surface area contributed by atoms with E-state index in [2.05, 4.69) is 107 Å². The van der Waals surface area contributed by atoms with Crippen LogP contribution in [0.4, 0.5) is 0 Å². The van der Waals surface area contributed by atoms with E-state index in [4.69, 9.17) is 0 Å². The number of carbonyl (C=O) groups excluding carboxylic acids is 1. The maximum Gasteiger partial charge on any atom is 0.168 e. The second kappa shape index (κ2) is 11.5. The summed E-state index contributed by atoms with van der Waals surface area (Å²) in [6.45, 7) is 4.76. The van der Waals surface area contributed by atoms with Crippen LogP contribution in [0.5, 0.6) is 0 Å². The molecule has 0 unspecified atom stereocenters. The fraction of sp³-hybridized carbons (Fsp3) is 0.286. The van der Waals surface area contributed by atoms with Crippen LogP contribution in [0.2, 0.25) is 0 Å². The summed E-state index contributed by atoms with van der Waals surface area (Å²) in [7, 11) is 0. The lowest BCUT2D eigenvalue weighted by atomic mass is 9.86. The third-order valence-electron chi connectivity index (χ3n) is 8.47. The molecule has 38 heavy (non-hydrogen) atoms. The lowest BCUT2D eigenvalue weighted by Gasteiger charge is -2.38. The van der Waals surface area contributed by atoms with E-state index < -0.39 is 0 Å². The van der Waals surface area contributed by atoms with Gasteiger partial charge in [0.05, 0.1) is 5.92 Å². The van der Waals surface area contributed by atoms with E-state index in [1.54, 1.807) is 0 Å². The molecule has 0 saturated carbocycles. The Morgan fingerprint density at radius 2 is 1.32 bits per heavy atom. The molecule has 6 rings (SSSR count). The van der Waals surface area contributed by atoms with Crippen molar-refractivity contribution in [2.75, 3.05) is 26.2 Å². The first kappa shape index (κ1) is 24.8. The van der Waals surface area contributed by atoms with Gasteiger partial charge >= 0.3 is 0 Å². The Kier molecular flexibility index (Phi) is 7.48. The van der Waals surface area contributed by atoms with Crippen LogP contribution in [-0.2, 0) is 6.54 Å². The lowest BCUT2D eigenvalue weighted by molar-refractivity contribution is 0.0804. The molecule has 2 aliphatic heterocycles. The maximum atomic E-state index is 14.1. The van der Waals surface area contributed by atoms with Crippen molar-refractivity contribution in [1.29, 1.82) is 0 Å². The molecule has 0 aliphatic carbocycles. The van der Waals surface area contributed by atoms with Gasteiger partial charge in [0.2, 0.25) is 0 Å². The third-order valence-corrected chi connectivity index (χ3v) is 8.47. The van der Waals surface area contributed by atoms with Crippen molar-refractivity contribution in [1.82, 2.24) is 9.80 Å². The van der Waals surface area contributed by atoms with Crippen molar-refractivity contribution in [2.45, 2.75) is 31.3 Å². The van der Waals surface area contributed by atoms with Crippen molar-refractivity contribution >= 4 is 5.78 Å². The fourth-order valence-corrected chi connectivity index (χ4v) is 6.45. The average molecular weight is 501 g/mol. The number of piperidine rings is 1. The molecule has 4 aromatic carbocycles. The largest absolute Gasteiger partial charge is 0.298 e. The molecule has 4 aromatic rings. The molecule has 3 heteroatoms. The van der Waals surface area contributed by atoms with Gasteiger partial charge in [-0.1, -0.05) is 109 Å². The smallest absolute Gasteiger partial charge is 0.168 e.